The van der Waals surface area contributed by atoms with Crippen LogP contribution in [0.1, 0.15) is 0 Å². The molecule has 0 aliphatic rings. The Hall–Kier alpha value is -9.14. The highest BCUT2D eigenvalue weighted by atomic mass is 16.3. The van der Waals surface area contributed by atoms with Crippen LogP contribution >= 0.6 is 0 Å². The lowest BCUT2D eigenvalue weighted by atomic mass is 10.0. The van der Waals surface area contributed by atoms with Crippen molar-refractivity contribution in [1.29, 1.82) is 0 Å². The Labute approximate surface area is 376 Å². The van der Waals surface area contributed by atoms with E-state index < -0.39 is 0 Å². The van der Waals surface area contributed by atoms with Crippen LogP contribution in [0.5, 0.6) is 0 Å². The van der Waals surface area contributed by atoms with Gasteiger partial charge in [0.1, 0.15) is 16.7 Å². The zero-order valence-corrected chi connectivity index (χ0v) is 35.1. The van der Waals surface area contributed by atoms with Crippen molar-refractivity contribution in [1.82, 2.24) is 29.1 Å². The summed E-state index contributed by atoms with van der Waals surface area (Å²) in [7, 11) is 0. The average molecular weight is 847 g/mol. The van der Waals surface area contributed by atoms with Gasteiger partial charge in [-0.2, -0.15) is 9.97 Å². The van der Waals surface area contributed by atoms with Crippen molar-refractivity contribution in [3.05, 3.63) is 206 Å². The Morgan fingerprint density at radius 1 is 0.348 bits per heavy atom. The van der Waals surface area contributed by atoms with Gasteiger partial charge in [0.2, 0.25) is 11.8 Å². The largest absolute Gasteiger partial charge is 0.455 e. The van der Waals surface area contributed by atoms with Crippen molar-refractivity contribution in [2.45, 2.75) is 0 Å². The second-order valence-electron chi connectivity index (χ2n) is 16.6. The fraction of sp³-hybridized carbons (Fsp3) is 0. The monoisotopic (exact) mass is 846 g/mol. The molecule has 8 heteroatoms. The van der Waals surface area contributed by atoms with Crippen LogP contribution in [0.2, 0.25) is 0 Å². The molecule has 0 bridgehead atoms. The molecule has 0 unspecified atom stereocenters. The first kappa shape index (κ1) is 36.4. The highest BCUT2D eigenvalue weighted by Crippen LogP contribution is 2.43. The number of furan rings is 1. The minimum atomic E-state index is 0.502. The number of hydrogen-bond acceptors (Lipinski definition) is 6. The first-order chi connectivity index (χ1) is 32.7. The van der Waals surface area contributed by atoms with Crippen molar-refractivity contribution < 1.29 is 8.83 Å². The van der Waals surface area contributed by atoms with Gasteiger partial charge in [0.05, 0.1) is 27.6 Å². The number of para-hydroxylation sites is 5. The summed E-state index contributed by atoms with van der Waals surface area (Å²) in [5.74, 6) is 2.18. The number of oxazole rings is 1. The summed E-state index contributed by atoms with van der Waals surface area (Å²) in [6, 6.07) is 71.0. The van der Waals surface area contributed by atoms with Gasteiger partial charge in [-0.3, -0.25) is 4.57 Å². The van der Waals surface area contributed by atoms with E-state index in [0.717, 1.165) is 110 Å². The third kappa shape index (κ3) is 5.45. The molecule has 0 aliphatic carbocycles. The van der Waals surface area contributed by atoms with E-state index in [2.05, 4.69) is 112 Å². The Kier molecular flexibility index (Phi) is 7.81. The molecule has 308 valence electrons. The van der Waals surface area contributed by atoms with Crippen molar-refractivity contribution >= 4 is 76.6 Å². The van der Waals surface area contributed by atoms with Crippen molar-refractivity contribution in [2.75, 3.05) is 0 Å². The maximum Gasteiger partial charge on any atom is 0.238 e. The molecule has 14 aromatic rings. The summed E-state index contributed by atoms with van der Waals surface area (Å²) in [5.41, 5.74) is 12.8. The minimum absolute atomic E-state index is 0.502. The van der Waals surface area contributed by atoms with E-state index in [1.165, 1.54) is 0 Å². The molecule has 0 N–H and O–H groups in total. The molecule has 0 saturated carbocycles. The molecule has 0 spiro atoms. The molecule has 14 rings (SSSR count). The summed E-state index contributed by atoms with van der Waals surface area (Å²) in [4.78, 5) is 20.9. The van der Waals surface area contributed by atoms with Crippen LogP contribution in [0, 0.1) is 0 Å². The number of benzene rings is 9. The van der Waals surface area contributed by atoms with Crippen LogP contribution in [0.15, 0.2) is 215 Å². The lowest BCUT2D eigenvalue weighted by Gasteiger charge is -2.14. The molecular formula is C58H34N6O2. The molecular weight excluding hydrogens is 813 g/mol. The first-order valence-corrected chi connectivity index (χ1v) is 22.0. The number of nitrogens with zero attached hydrogens (tertiary/aromatic N) is 6. The number of hydrogen-bond donors (Lipinski definition) is 0. The second-order valence-corrected chi connectivity index (χ2v) is 16.6. The van der Waals surface area contributed by atoms with E-state index in [9.17, 15) is 0 Å². The topological polar surface area (TPSA) is 87.7 Å². The van der Waals surface area contributed by atoms with E-state index in [1.807, 2.05) is 103 Å². The predicted octanol–water partition coefficient (Wildman–Crippen LogP) is 14.8. The van der Waals surface area contributed by atoms with Gasteiger partial charge in [-0.1, -0.05) is 152 Å². The molecule has 0 atom stereocenters. The summed E-state index contributed by atoms with van der Waals surface area (Å²) in [5, 5.41) is 6.48. The standard InChI is InChI=1S/C58H34N6O2/c1-3-16-35(17-4-1)55-60-56(46-27-14-26-45-42-24-9-12-31-50(42)65-53(45)46)62-58(61-55)64-49-30-11-8-23-41(49)44-33-32-43-40-22-7-10-29-48(40)63(51(43)52(44)64)38-21-13-20-37(34-38)39-25-15-28-47-54(39)66-57(59-47)36-18-5-2-6-19-36/h1-34H. The number of fused-ring (bicyclic) bond motifs is 11. The SMILES string of the molecule is c1ccc(-c2nc(-c3cccc4c3oc3ccccc34)nc(-n3c4ccccc4c4ccc5c6ccccc6n(-c6cccc(-c7cccc8nc(-c9ccccc9)oc78)c6)c5c43)n2)cc1. The van der Waals surface area contributed by atoms with Gasteiger partial charge >= 0.3 is 0 Å². The first-order valence-electron chi connectivity index (χ1n) is 22.0. The Balaban J connectivity index is 1.05. The van der Waals surface area contributed by atoms with Crippen molar-refractivity contribution in [2.24, 2.45) is 0 Å². The molecule has 5 aromatic heterocycles. The predicted molar refractivity (Wildman–Crippen MR) is 265 cm³/mol. The van der Waals surface area contributed by atoms with Crippen LogP contribution in [-0.4, -0.2) is 29.1 Å². The van der Waals surface area contributed by atoms with Gasteiger partial charge < -0.3 is 13.4 Å². The zero-order valence-electron chi connectivity index (χ0n) is 35.1. The highest BCUT2D eigenvalue weighted by Gasteiger charge is 2.25. The lowest BCUT2D eigenvalue weighted by molar-refractivity contribution is 0.621. The molecule has 0 radical (unpaired) electrons. The van der Waals surface area contributed by atoms with E-state index in [1.54, 1.807) is 0 Å². The van der Waals surface area contributed by atoms with Crippen molar-refractivity contribution in [3.63, 3.8) is 0 Å². The van der Waals surface area contributed by atoms with Gasteiger partial charge in [-0.25, -0.2) is 9.97 Å². The summed E-state index contributed by atoms with van der Waals surface area (Å²) >= 11 is 0. The lowest BCUT2D eigenvalue weighted by Crippen LogP contribution is -2.07. The van der Waals surface area contributed by atoms with Gasteiger partial charge in [-0.15, -0.1) is 0 Å². The molecule has 0 saturated heterocycles. The van der Waals surface area contributed by atoms with Crippen LogP contribution < -0.4 is 0 Å². The van der Waals surface area contributed by atoms with Crippen LogP contribution in [0.25, 0.3) is 134 Å². The average Bonchev–Trinajstić information content (AvgIpc) is 4.16. The minimum Gasteiger partial charge on any atom is -0.455 e. The van der Waals surface area contributed by atoms with Crippen LogP contribution in [-0.2, 0) is 0 Å². The highest BCUT2D eigenvalue weighted by molar-refractivity contribution is 6.23. The maximum absolute atomic E-state index is 6.58. The molecule has 5 heterocycles. The molecule has 0 fully saturated rings. The van der Waals surface area contributed by atoms with Crippen LogP contribution in [0.4, 0.5) is 0 Å². The Morgan fingerprint density at radius 2 is 0.939 bits per heavy atom. The third-order valence-corrected chi connectivity index (χ3v) is 12.8. The number of rotatable bonds is 6. The quantitative estimate of drug-likeness (QED) is 0.166. The van der Waals surface area contributed by atoms with E-state index in [0.29, 0.717) is 23.5 Å². The van der Waals surface area contributed by atoms with Gasteiger partial charge in [-0.05, 0) is 60.2 Å². The Morgan fingerprint density at radius 3 is 1.73 bits per heavy atom. The van der Waals surface area contributed by atoms with E-state index in [4.69, 9.17) is 28.8 Å². The molecule has 8 nitrogen and oxygen atoms in total. The van der Waals surface area contributed by atoms with Gasteiger partial charge in [0, 0.05) is 54.7 Å². The number of aromatic nitrogens is 6. The van der Waals surface area contributed by atoms with E-state index >= 15 is 0 Å². The van der Waals surface area contributed by atoms with Gasteiger partial charge in [0.15, 0.2) is 17.2 Å². The molecule has 0 aliphatic heterocycles. The normalized spacial score (nSPS) is 11.9. The third-order valence-electron chi connectivity index (χ3n) is 12.8. The zero-order chi connectivity index (χ0) is 43.3. The van der Waals surface area contributed by atoms with Crippen molar-refractivity contribution in [3.8, 4) is 57.0 Å². The molecule has 66 heavy (non-hydrogen) atoms. The summed E-state index contributed by atoms with van der Waals surface area (Å²) in [6.45, 7) is 0. The Bertz CT molecular complexity index is 4240. The fourth-order valence-corrected chi connectivity index (χ4v) is 9.89. The smallest absolute Gasteiger partial charge is 0.238 e. The van der Waals surface area contributed by atoms with E-state index in [-0.39, 0.29) is 0 Å². The summed E-state index contributed by atoms with van der Waals surface area (Å²) < 4.78 is 17.7. The molecule has 0 amide bonds. The second kappa shape index (κ2) is 14.2. The maximum atomic E-state index is 6.58. The summed E-state index contributed by atoms with van der Waals surface area (Å²) in [6.07, 6.45) is 0. The van der Waals surface area contributed by atoms with Gasteiger partial charge in [0.25, 0.3) is 0 Å². The fourth-order valence-electron chi connectivity index (χ4n) is 9.89. The molecule has 9 aromatic carbocycles. The van der Waals surface area contributed by atoms with Crippen LogP contribution in [0.3, 0.4) is 0 Å².